The molecule has 0 spiro atoms. The summed E-state index contributed by atoms with van der Waals surface area (Å²) in [6.45, 7) is 4.49. The van der Waals surface area contributed by atoms with Crippen LogP contribution in [0.3, 0.4) is 0 Å². The van der Waals surface area contributed by atoms with E-state index in [0.29, 0.717) is 23.9 Å². The van der Waals surface area contributed by atoms with Gasteiger partial charge in [-0.2, -0.15) is 0 Å². The van der Waals surface area contributed by atoms with Gasteiger partial charge in [-0.25, -0.2) is 0 Å². The van der Waals surface area contributed by atoms with Crippen LogP contribution < -0.4 is 10.2 Å². The maximum atomic E-state index is 12.5. The molecule has 3 unspecified atom stereocenters. The number of likely N-dealkylation sites (N-methyl/N-ethyl adjacent to an activating group) is 1. The molecule has 9 heteroatoms. The number of carbonyl (C=O) groups is 1. The van der Waals surface area contributed by atoms with E-state index in [4.69, 9.17) is 9.05 Å². The van der Waals surface area contributed by atoms with Gasteiger partial charge < -0.3 is 28.8 Å². The molecular formula is C26H55N2O6P. The molecule has 8 nitrogen and oxygen atoms in total. The van der Waals surface area contributed by atoms with Crippen LogP contribution >= 0.6 is 7.82 Å². The fraction of sp³-hybridized carbons (Fsp3) is 0.962. The number of nitrogens with zero attached hydrogens (tertiary/aromatic N) is 1. The molecule has 0 heterocycles. The third-order valence-corrected chi connectivity index (χ3v) is 7.06. The molecule has 1 amide bonds. The predicted octanol–water partition coefficient (Wildman–Crippen LogP) is 4.93. The van der Waals surface area contributed by atoms with Crippen LogP contribution in [0.5, 0.6) is 0 Å². The number of hydrogen-bond acceptors (Lipinski definition) is 6. The lowest BCUT2D eigenvalue weighted by Crippen LogP contribution is -2.46. The Morgan fingerprint density at radius 3 is 1.94 bits per heavy atom. The number of unbranched alkanes of at least 4 members (excludes halogenated alkanes) is 11. The van der Waals surface area contributed by atoms with Gasteiger partial charge in [-0.15, -0.1) is 0 Å². The first-order chi connectivity index (χ1) is 16.5. The second-order valence-electron chi connectivity index (χ2n) is 10.8. The molecule has 0 rings (SSSR count). The Balaban J connectivity index is 4.42. The highest BCUT2D eigenvalue weighted by molar-refractivity contribution is 7.45. The molecule has 3 atom stereocenters. The van der Waals surface area contributed by atoms with Gasteiger partial charge in [-0.05, 0) is 12.8 Å². The summed E-state index contributed by atoms with van der Waals surface area (Å²) in [6, 6.07) is -0.785. The van der Waals surface area contributed by atoms with Gasteiger partial charge in [-0.1, -0.05) is 90.9 Å². The molecule has 0 saturated heterocycles. The van der Waals surface area contributed by atoms with E-state index >= 15 is 0 Å². The minimum atomic E-state index is -4.52. The molecule has 0 aromatic heterocycles. The van der Waals surface area contributed by atoms with Crippen molar-refractivity contribution in [1.29, 1.82) is 0 Å². The quantitative estimate of drug-likeness (QED) is 0.106. The average Bonchev–Trinajstić information content (AvgIpc) is 2.77. The normalized spacial score (nSPS) is 15.5. The van der Waals surface area contributed by atoms with E-state index in [1.165, 1.54) is 44.9 Å². The van der Waals surface area contributed by atoms with E-state index in [2.05, 4.69) is 19.2 Å². The van der Waals surface area contributed by atoms with Crippen LogP contribution in [-0.4, -0.2) is 68.5 Å². The van der Waals surface area contributed by atoms with E-state index in [9.17, 15) is 19.4 Å². The molecule has 0 radical (unpaired) electrons. The molecular weight excluding hydrogens is 467 g/mol. The van der Waals surface area contributed by atoms with Gasteiger partial charge in [0.1, 0.15) is 13.2 Å². The predicted molar refractivity (Wildman–Crippen MR) is 141 cm³/mol. The van der Waals surface area contributed by atoms with Crippen LogP contribution in [0.1, 0.15) is 110 Å². The second kappa shape index (κ2) is 20.5. The highest BCUT2D eigenvalue weighted by atomic mass is 31.2. The molecule has 0 bridgehead atoms. The van der Waals surface area contributed by atoms with Gasteiger partial charge in [-0.3, -0.25) is 9.36 Å². The van der Waals surface area contributed by atoms with E-state index < -0.39 is 20.0 Å². The Morgan fingerprint density at radius 2 is 1.40 bits per heavy atom. The van der Waals surface area contributed by atoms with Crippen molar-refractivity contribution in [2.24, 2.45) is 0 Å². The van der Waals surface area contributed by atoms with Crippen molar-refractivity contribution in [3.05, 3.63) is 0 Å². The molecule has 0 saturated carbocycles. The Hall–Kier alpha value is -0.500. The first-order valence-corrected chi connectivity index (χ1v) is 15.3. The molecule has 35 heavy (non-hydrogen) atoms. The zero-order chi connectivity index (χ0) is 26.6. The lowest BCUT2D eigenvalue weighted by atomic mass is 10.0. The fourth-order valence-corrected chi connectivity index (χ4v) is 4.46. The number of nitrogens with one attached hydrogen (secondary N) is 1. The Bertz CT molecular complexity index is 571. The summed E-state index contributed by atoms with van der Waals surface area (Å²) in [6.07, 6.45) is 14.6. The standard InChI is InChI=1S/C26H55N2O6P/c1-6-8-10-11-12-13-14-15-16-18-20-26(30)27-24(25(29)19-17-9-7-2)23-34-35(31,32)33-22-21-28(3,4)5/h24-25,29H,6-23H2,1-5H3,(H-,27,30,31,32). The van der Waals surface area contributed by atoms with Crippen molar-refractivity contribution in [3.8, 4) is 0 Å². The zero-order valence-corrected chi connectivity index (χ0v) is 24.2. The summed E-state index contributed by atoms with van der Waals surface area (Å²) in [5, 5.41) is 13.4. The number of phosphoric ester groups is 1. The minimum absolute atomic E-state index is 0.0130. The molecule has 2 N–H and O–H groups in total. The van der Waals surface area contributed by atoms with Crippen LogP contribution in [0.4, 0.5) is 0 Å². The van der Waals surface area contributed by atoms with Gasteiger partial charge in [0.05, 0.1) is 39.9 Å². The van der Waals surface area contributed by atoms with Crippen molar-refractivity contribution in [3.63, 3.8) is 0 Å². The summed E-state index contributed by atoms with van der Waals surface area (Å²) in [5.74, 6) is -0.181. The van der Waals surface area contributed by atoms with Gasteiger partial charge >= 0.3 is 0 Å². The molecule has 0 fully saturated rings. The van der Waals surface area contributed by atoms with Crippen LogP contribution in [-0.2, 0) is 18.4 Å². The largest absolute Gasteiger partial charge is 0.756 e. The number of aliphatic hydroxyl groups is 1. The van der Waals surface area contributed by atoms with E-state index in [1.54, 1.807) is 0 Å². The summed E-state index contributed by atoms with van der Waals surface area (Å²) >= 11 is 0. The lowest BCUT2D eigenvalue weighted by molar-refractivity contribution is -0.870. The Morgan fingerprint density at radius 1 is 0.886 bits per heavy atom. The minimum Gasteiger partial charge on any atom is -0.756 e. The first kappa shape index (κ1) is 34.5. The number of amides is 1. The number of hydrogen-bond donors (Lipinski definition) is 2. The highest BCUT2D eigenvalue weighted by Crippen LogP contribution is 2.38. The SMILES string of the molecule is CCCCCCCCCCCCC(=O)NC(COP(=O)([O-])OCC[N+](C)(C)C)C(O)CCCCC. The Labute approximate surface area is 215 Å². The summed E-state index contributed by atoms with van der Waals surface area (Å²) < 4.78 is 22.7. The number of aliphatic hydroxyl groups excluding tert-OH is 1. The summed E-state index contributed by atoms with van der Waals surface area (Å²) in [7, 11) is 1.30. The van der Waals surface area contributed by atoms with Crippen molar-refractivity contribution in [1.82, 2.24) is 5.32 Å². The molecule has 0 aromatic carbocycles. The molecule has 0 aliphatic rings. The third-order valence-electron chi connectivity index (χ3n) is 6.10. The maximum Gasteiger partial charge on any atom is 0.268 e. The number of phosphoric acid groups is 1. The second-order valence-corrected chi connectivity index (χ2v) is 12.2. The monoisotopic (exact) mass is 522 g/mol. The lowest BCUT2D eigenvalue weighted by Gasteiger charge is -2.30. The molecule has 0 aliphatic carbocycles. The number of rotatable bonds is 24. The van der Waals surface area contributed by atoms with Crippen LogP contribution in [0.2, 0.25) is 0 Å². The van der Waals surface area contributed by atoms with Crippen molar-refractivity contribution in [2.75, 3.05) is 40.9 Å². The van der Waals surface area contributed by atoms with Crippen LogP contribution in [0.15, 0.2) is 0 Å². The molecule has 0 aromatic rings. The summed E-state index contributed by atoms with van der Waals surface area (Å²) in [5.41, 5.74) is 0. The number of quaternary nitrogens is 1. The zero-order valence-electron chi connectivity index (χ0n) is 23.3. The van der Waals surface area contributed by atoms with Gasteiger partial charge in [0, 0.05) is 6.42 Å². The summed E-state index contributed by atoms with van der Waals surface area (Å²) in [4.78, 5) is 24.6. The van der Waals surface area contributed by atoms with Gasteiger partial charge in [0.25, 0.3) is 7.82 Å². The topological polar surface area (TPSA) is 108 Å². The fourth-order valence-electron chi connectivity index (χ4n) is 3.74. The van der Waals surface area contributed by atoms with Crippen molar-refractivity contribution < 1.29 is 32.9 Å². The number of carbonyl (C=O) groups excluding carboxylic acids is 1. The maximum absolute atomic E-state index is 12.5. The van der Waals surface area contributed by atoms with Crippen molar-refractivity contribution in [2.45, 2.75) is 122 Å². The average molecular weight is 523 g/mol. The molecule has 210 valence electrons. The first-order valence-electron chi connectivity index (χ1n) is 13.9. The van der Waals surface area contributed by atoms with E-state index in [1.807, 2.05) is 21.1 Å². The Kier molecular flexibility index (Phi) is 20.3. The third kappa shape index (κ3) is 22.4. The smallest absolute Gasteiger partial charge is 0.268 e. The van der Waals surface area contributed by atoms with Gasteiger partial charge in [0.15, 0.2) is 0 Å². The van der Waals surface area contributed by atoms with Crippen LogP contribution in [0.25, 0.3) is 0 Å². The van der Waals surface area contributed by atoms with Gasteiger partial charge in [0.2, 0.25) is 5.91 Å². The van der Waals surface area contributed by atoms with E-state index in [0.717, 1.165) is 38.5 Å². The highest BCUT2D eigenvalue weighted by Gasteiger charge is 2.24. The van der Waals surface area contributed by atoms with E-state index in [-0.39, 0.29) is 19.1 Å². The molecule has 0 aliphatic heterocycles. The van der Waals surface area contributed by atoms with Crippen LogP contribution in [0, 0.1) is 0 Å². The van der Waals surface area contributed by atoms with Crippen molar-refractivity contribution >= 4 is 13.7 Å².